The summed E-state index contributed by atoms with van der Waals surface area (Å²) >= 11 is 0. The Morgan fingerprint density at radius 2 is 1.76 bits per heavy atom. The predicted molar refractivity (Wildman–Crippen MR) is 68.9 cm³/mol. The molecule has 2 fully saturated rings. The quantitative estimate of drug-likeness (QED) is 0.770. The summed E-state index contributed by atoms with van der Waals surface area (Å²) in [6.45, 7) is 9.01. The Balaban J connectivity index is 1.88. The van der Waals surface area contributed by atoms with Crippen LogP contribution < -0.4 is 5.32 Å². The maximum Gasteiger partial charge on any atom is 0.237 e. The topological polar surface area (TPSA) is 35.6 Å². The van der Waals surface area contributed by atoms with E-state index < -0.39 is 0 Å². The van der Waals surface area contributed by atoms with E-state index in [-0.39, 0.29) is 0 Å². The Morgan fingerprint density at radius 1 is 1.18 bits per heavy atom. The number of likely N-dealkylation sites (tertiary alicyclic amines) is 1. The molecule has 1 amide bonds. The third-order valence-electron chi connectivity index (χ3n) is 4.05. The average molecular weight is 239 g/mol. The van der Waals surface area contributed by atoms with Crippen molar-refractivity contribution in [2.24, 2.45) is 0 Å². The minimum atomic E-state index is 0.326. The van der Waals surface area contributed by atoms with Gasteiger partial charge >= 0.3 is 0 Å². The van der Waals surface area contributed by atoms with Gasteiger partial charge in [0.25, 0.3) is 0 Å². The van der Waals surface area contributed by atoms with Crippen molar-refractivity contribution in [3.05, 3.63) is 0 Å². The highest BCUT2D eigenvalue weighted by Gasteiger charge is 2.29. The van der Waals surface area contributed by atoms with Crippen molar-refractivity contribution in [1.82, 2.24) is 15.1 Å². The molecule has 2 aliphatic rings. The molecule has 2 aliphatic heterocycles. The van der Waals surface area contributed by atoms with Crippen LogP contribution in [0.1, 0.15) is 33.1 Å². The molecule has 0 aromatic rings. The van der Waals surface area contributed by atoms with Gasteiger partial charge in [0.2, 0.25) is 5.91 Å². The highest BCUT2D eigenvalue weighted by molar-refractivity contribution is 5.79. The van der Waals surface area contributed by atoms with Crippen molar-refractivity contribution < 1.29 is 4.79 Å². The Kier molecular flexibility index (Phi) is 4.40. The number of nitrogens with zero attached hydrogens (tertiary/aromatic N) is 2. The van der Waals surface area contributed by atoms with Gasteiger partial charge in [-0.2, -0.15) is 0 Å². The molecule has 0 saturated carbocycles. The minimum Gasteiger partial charge on any atom is -0.336 e. The molecule has 2 heterocycles. The number of amides is 1. The van der Waals surface area contributed by atoms with Gasteiger partial charge in [-0.1, -0.05) is 0 Å². The molecule has 2 rings (SSSR count). The summed E-state index contributed by atoms with van der Waals surface area (Å²) in [6, 6.07) is 0.850. The lowest BCUT2D eigenvalue weighted by Gasteiger charge is -2.40. The first-order valence-corrected chi connectivity index (χ1v) is 6.92. The zero-order valence-electron chi connectivity index (χ0n) is 11.1. The number of hydrogen-bond donors (Lipinski definition) is 1. The van der Waals surface area contributed by atoms with Crippen molar-refractivity contribution in [3.63, 3.8) is 0 Å². The molecule has 0 radical (unpaired) electrons. The highest BCUT2D eigenvalue weighted by Crippen LogP contribution is 2.22. The molecule has 1 N–H and O–H groups in total. The Morgan fingerprint density at radius 3 is 2.35 bits per heavy atom. The molecule has 0 bridgehead atoms. The first-order valence-electron chi connectivity index (χ1n) is 6.92. The van der Waals surface area contributed by atoms with Crippen LogP contribution in [-0.4, -0.2) is 60.5 Å². The summed E-state index contributed by atoms with van der Waals surface area (Å²) < 4.78 is 0. The van der Waals surface area contributed by atoms with E-state index in [1.165, 1.54) is 6.42 Å². The zero-order valence-corrected chi connectivity index (χ0v) is 11.1. The molecule has 0 unspecified atom stereocenters. The first-order chi connectivity index (χ1) is 8.18. The van der Waals surface area contributed by atoms with Crippen molar-refractivity contribution in [1.29, 1.82) is 0 Å². The van der Waals surface area contributed by atoms with E-state index in [9.17, 15) is 4.79 Å². The average Bonchev–Trinajstić information content (AvgIpc) is 2.30. The van der Waals surface area contributed by atoms with Gasteiger partial charge in [-0.3, -0.25) is 9.69 Å². The number of piperazine rings is 1. The number of carbonyl (C=O) groups excluding carboxylic acids is 1. The molecule has 0 aromatic heterocycles. The molecule has 0 aromatic carbocycles. The van der Waals surface area contributed by atoms with Crippen molar-refractivity contribution in [2.75, 3.05) is 32.7 Å². The second kappa shape index (κ2) is 5.83. The van der Waals surface area contributed by atoms with Crippen molar-refractivity contribution >= 4 is 5.91 Å². The molecule has 0 spiro atoms. The van der Waals surface area contributed by atoms with Gasteiger partial charge in [-0.15, -0.1) is 0 Å². The molecular weight excluding hydrogens is 214 g/mol. The van der Waals surface area contributed by atoms with Crippen LogP contribution in [0, 0.1) is 0 Å². The molecule has 17 heavy (non-hydrogen) atoms. The predicted octanol–water partition coefficient (Wildman–Crippen LogP) is 0.681. The summed E-state index contributed by atoms with van der Waals surface area (Å²) in [5.41, 5.74) is 0. The summed E-state index contributed by atoms with van der Waals surface area (Å²) in [5.74, 6) is 0.326. The van der Waals surface area contributed by atoms with Crippen LogP contribution in [-0.2, 0) is 4.79 Å². The molecule has 0 aliphatic carbocycles. The van der Waals surface area contributed by atoms with E-state index in [0.717, 1.165) is 39.0 Å². The molecule has 4 nitrogen and oxygen atoms in total. The fourth-order valence-electron chi connectivity index (χ4n) is 3.06. The number of carbonyl (C=O) groups is 1. The second-order valence-electron chi connectivity index (χ2n) is 5.46. The molecule has 98 valence electrons. The monoisotopic (exact) mass is 239 g/mol. The fourth-order valence-corrected chi connectivity index (χ4v) is 3.06. The number of rotatable bonds is 2. The zero-order chi connectivity index (χ0) is 12.3. The van der Waals surface area contributed by atoms with Crippen LogP contribution >= 0.6 is 0 Å². The summed E-state index contributed by atoms with van der Waals surface area (Å²) in [5, 5.41) is 3.32. The van der Waals surface area contributed by atoms with Crippen LogP contribution in [0.15, 0.2) is 0 Å². The van der Waals surface area contributed by atoms with E-state index in [2.05, 4.69) is 29.0 Å². The van der Waals surface area contributed by atoms with Crippen LogP contribution in [0.25, 0.3) is 0 Å². The van der Waals surface area contributed by atoms with Gasteiger partial charge in [0.1, 0.15) is 0 Å². The van der Waals surface area contributed by atoms with E-state index >= 15 is 0 Å². The van der Waals surface area contributed by atoms with Crippen molar-refractivity contribution in [2.45, 2.75) is 45.2 Å². The van der Waals surface area contributed by atoms with E-state index in [1.54, 1.807) is 0 Å². The van der Waals surface area contributed by atoms with E-state index in [0.29, 0.717) is 24.5 Å². The molecular formula is C13H25N3O. The van der Waals surface area contributed by atoms with Crippen LogP contribution in [0.5, 0.6) is 0 Å². The van der Waals surface area contributed by atoms with E-state index in [1.807, 2.05) is 0 Å². The summed E-state index contributed by atoms with van der Waals surface area (Å²) in [4.78, 5) is 16.7. The number of nitrogens with one attached hydrogen (secondary N) is 1. The highest BCUT2D eigenvalue weighted by atomic mass is 16.2. The number of hydrogen-bond acceptors (Lipinski definition) is 3. The maximum absolute atomic E-state index is 12.4. The minimum absolute atomic E-state index is 0.326. The Hall–Kier alpha value is -0.610. The molecule has 2 saturated heterocycles. The summed E-state index contributed by atoms with van der Waals surface area (Å²) in [7, 11) is 0. The van der Waals surface area contributed by atoms with Crippen LogP contribution in [0.2, 0.25) is 0 Å². The third kappa shape index (κ3) is 3.19. The second-order valence-corrected chi connectivity index (χ2v) is 5.46. The standard InChI is InChI=1S/C13H25N3O/c1-11-4-3-5-12(2)16(11)13(17)10-15-8-6-14-7-9-15/h11-12,14H,3-10H2,1-2H3/t11-,12+. The molecule has 2 atom stereocenters. The normalized spacial score (nSPS) is 31.5. The Labute approximate surface area is 104 Å². The van der Waals surface area contributed by atoms with Gasteiger partial charge in [-0.25, -0.2) is 0 Å². The Bertz CT molecular complexity index is 253. The SMILES string of the molecule is C[C@@H]1CCC[C@H](C)N1C(=O)CN1CCNCC1. The third-order valence-corrected chi connectivity index (χ3v) is 4.05. The molecule has 4 heteroatoms. The van der Waals surface area contributed by atoms with Gasteiger partial charge < -0.3 is 10.2 Å². The van der Waals surface area contributed by atoms with Gasteiger partial charge in [0, 0.05) is 38.3 Å². The fraction of sp³-hybridized carbons (Fsp3) is 0.923. The lowest BCUT2D eigenvalue weighted by molar-refractivity contribution is -0.138. The van der Waals surface area contributed by atoms with E-state index in [4.69, 9.17) is 0 Å². The number of piperidine rings is 1. The van der Waals surface area contributed by atoms with Gasteiger partial charge in [0.15, 0.2) is 0 Å². The summed E-state index contributed by atoms with van der Waals surface area (Å²) in [6.07, 6.45) is 3.59. The largest absolute Gasteiger partial charge is 0.336 e. The van der Waals surface area contributed by atoms with Gasteiger partial charge in [0.05, 0.1) is 6.54 Å². The lowest BCUT2D eigenvalue weighted by Crippen LogP contribution is -2.53. The maximum atomic E-state index is 12.4. The first kappa shape index (κ1) is 12.8. The van der Waals surface area contributed by atoms with Crippen LogP contribution in [0.3, 0.4) is 0 Å². The smallest absolute Gasteiger partial charge is 0.237 e. The lowest BCUT2D eigenvalue weighted by atomic mass is 9.97. The van der Waals surface area contributed by atoms with Crippen LogP contribution in [0.4, 0.5) is 0 Å². The van der Waals surface area contributed by atoms with Crippen molar-refractivity contribution in [3.8, 4) is 0 Å². The van der Waals surface area contributed by atoms with Gasteiger partial charge in [-0.05, 0) is 33.1 Å².